The third-order valence-corrected chi connectivity index (χ3v) is 25.2. The smallest absolute Gasteiger partial charge is 0.364 e. The first-order valence-electron chi connectivity index (χ1n) is 44.4. The van der Waals surface area contributed by atoms with Crippen LogP contribution >= 0.6 is 0 Å². The van der Waals surface area contributed by atoms with Crippen LogP contribution in [0.2, 0.25) is 0 Å². The molecule has 0 aliphatic carbocycles. The predicted octanol–water partition coefficient (Wildman–Crippen LogP) is -23.5. The molecule has 0 aromatic carbocycles. The summed E-state index contributed by atoms with van der Waals surface area (Å²) >= 11 is 0. The number of carbonyl (C=O) groups excluding carboxylic acids is 6. The molecule has 10 aliphatic heterocycles. The van der Waals surface area contributed by atoms with Crippen molar-refractivity contribution >= 4 is 47.4 Å². The maximum Gasteiger partial charge on any atom is 0.364 e. The summed E-state index contributed by atoms with van der Waals surface area (Å²) in [5.74, 6) is -16.6. The molecule has 0 aromatic heterocycles. The minimum Gasteiger partial charge on any atom is -0.477 e. The van der Waals surface area contributed by atoms with Gasteiger partial charge < -0.3 is 275 Å². The summed E-state index contributed by atoms with van der Waals surface area (Å²) in [5, 5.41) is 352. The lowest BCUT2D eigenvalue weighted by Crippen LogP contribution is -2.72. The highest BCUT2D eigenvalue weighted by Crippen LogP contribution is 2.44. The van der Waals surface area contributed by atoms with Crippen LogP contribution in [0.4, 0.5) is 0 Å². The molecule has 0 radical (unpaired) electrons. The first kappa shape index (κ1) is 117. The van der Waals surface area contributed by atoms with E-state index in [1.54, 1.807) is 0 Å². The van der Waals surface area contributed by atoms with E-state index in [1.165, 1.54) is 0 Å². The van der Waals surface area contributed by atoms with Gasteiger partial charge in [-0.1, -0.05) is 0 Å². The molecule has 0 spiro atoms. The van der Waals surface area contributed by atoms with Crippen LogP contribution in [-0.2, 0) is 128 Å². The lowest BCUT2D eigenvalue weighted by atomic mass is 9.88. The minimum atomic E-state index is -3.36. The van der Waals surface area contributed by atoms with Gasteiger partial charge in [0.25, 0.3) is 11.6 Å². The molecule has 141 heavy (non-hydrogen) atoms. The second-order valence-corrected chi connectivity index (χ2v) is 35.3. The summed E-state index contributed by atoms with van der Waals surface area (Å²) in [7, 11) is 0. The van der Waals surface area contributed by atoms with Gasteiger partial charge in [0.1, 0.15) is 232 Å². The Bertz CT molecular complexity index is 4060. The Balaban J connectivity index is 0.978. The van der Waals surface area contributed by atoms with Gasteiger partial charge in [-0.25, -0.2) is 9.59 Å². The number of aliphatic carboxylic acids is 2. The average Bonchev–Trinajstić information content (AvgIpc) is 0.797. The number of carboxylic acids is 2. The monoisotopic (exact) mass is 2060 g/mol. The van der Waals surface area contributed by atoms with Crippen LogP contribution in [0.25, 0.3) is 0 Å². The highest BCUT2D eigenvalue weighted by Gasteiger charge is 2.66. The first-order chi connectivity index (χ1) is 66.4. The number of aliphatic hydroxyl groups is 28. The number of aliphatic hydroxyl groups excluding tert-OH is 28. The molecule has 63 heteroatoms. The Labute approximate surface area is 796 Å². The molecule has 36 N–H and O–H groups in total. The Morgan fingerprint density at radius 3 is 0.943 bits per heavy atom. The number of amides is 6. The van der Waals surface area contributed by atoms with Gasteiger partial charge in [0.2, 0.25) is 35.4 Å². The van der Waals surface area contributed by atoms with Crippen molar-refractivity contribution in [1.29, 1.82) is 0 Å². The molecule has 10 saturated heterocycles. The van der Waals surface area contributed by atoms with E-state index in [-0.39, 0.29) is 0 Å². The lowest BCUT2D eigenvalue weighted by molar-refractivity contribution is -0.406. The van der Waals surface area contributed by atoms with Crippen molar-refractivity contribution in [2.24, 2.45) is 0 Å². The van der Waals surface area contributed by atoms with Crippen molar-refractivity contribution in [3.8, 4) is 0 Å². The third-order valence-electron chi connectivity index (χ3n) is 25.2. The van der Waals surface area contributed by atoms with E-state index >= 15 is 0 Å². The van der Waals surface area contributed by atoms with Crippen LogP contribution in [-0.4, -0.2) is 585 Å². The second-order valence-electron chi connectivity index (χ2n) is 35.3. The SMILES string of the molecule is CC(=O)N[C@@H]1[C@@H](O)[C@H](O[C@@H]2O[C@H](CO)[C@@H](O[C@@H]3O[C@H](CO)[C@@H](O)[C@H](O[C@H]4O[C@H](CO)[C@@H](O[C@@H]5O[C@H](CO)[C@@H](O[C@@H]6O[C@H](CO)[C@H](O)[C@H](O[C@]7(C(=O)O)C[C@H](O)[C@@H](NC(C)=O)[C@H]([C@H](O)[C@H](O)CO)O7)[C@H]6O)[C@H](O)[C@H]5NC(C)=O)[C@H](O)[C@@H]4O[C@@H]4O[C@H](CO)[C@@H](O[C@@H]5O[C@H](CO[C@]6(C(=O)O)C[C@H](O)[C@@H](NC(C)=O)[C@H]([C@H](O)[C@H](O)CO)O6)[C@H](O)[C@H](O)[C@H]5O)[C@H](O)[C@H]4NC(C)=O)[C@@H]3O)[C@H](O)[C@H]2NC(C)=O)[C@@H](CO)O[C@H]1O. The van der Waals surface area contributed by atoms with E-state index < -0.39 is 444 Å². The van der Waals surface area contributed by atoms with E-state index in [2.05, 4.69) is 31.9 Å². The molecule has 10 heterocycles. The topological polar surface area (TPSA) is 991 Å². The number of carbonyl (C=O) groups is 8. The molecule has 0 saturated carbocycles. The van der Waals surface area contributed by atoms with Crippen LogP contribution in [0.1, 0.15) is 54.4 Å². The molecule has 10 rings (SSSR count). The van der Waals surface area contributed by atoms with Crippen molar-refractivity contribution in [2.45, 2.75) is 372 Å². The highest BCUT2D eigenvalue weighted by atomic mass is 16.8. The van der Waals surface area contributed by atoms with Crippen molar-refractivity contribution in [3.05, 3.63) is 0 Å². The van der Waals surface area contributed by atoms with E-state index in [4.69, 9.17) is 90.0 Å². The fourth-order valence-electron chi connectivity index (χ4n) is 18.2. The Hall–Kier alpha value is -6.12. The number of nitrogens with one attached hydrogen (secondary N) is 6. The Morgan fingerprint density at radius 2 is 0.574 bits per heavy atom. The van der Waals surface area contributed by atoms with E-state index in [9.17, 15) is 192 Å². The average molecular weight is 2060 g/mol. The summed E-state index contributed by atoms with van der Waals surface area (Å²) in [6.45, 7) is -7.21. The van der Waals surface area contributed by atoms with Crippen molar-refractivity contribution in [3.63, 3.8) is 0 Å². The van der Waals surface area contributed by atoms with E-state index in [1.807, 2.05) is 0 Å². The van der Waals surface area contributed by atoms with Crippen LogP contribution in [0.3, 0.4) is 0 Å². The maximum absolute atomic E-state index is 13.5. The summed E-state index contributed by atoms with van der Waals surface area (Å²) in [5.41, 5.74) is 0. The second kappa shape index (κ2) is 50.3. The van der Waals surface area contributed by atoms with Gasteiger partial charge in [-0.2, -0.15) is 0 Å². The number of hydrogen-bond acceptors (Lipinski definition) is 55. The highest BCUT2D eigenvalue weighted by molar-refractivity contribution is 5.78. The predicted molar refractivity (Wildman–Crippen MR) is 434 cm³/mol. The van der Waals surface area contributed by atoms with Gasteiger partial charge >= 0.3 is 11.9 Å². The van der Waals surface area contributed by atoms with Crippen molar-refractivity contribution in [2.75, 3.05) is 66.1 Å². The molecule has 10 aliphatic rings. The fourth-order valence-corrected chi connectivity index (χ4v) is 18.2. The normalized spacial score (nSPS) is 45.4. The molecule has 0 aromatic rings. The van der Waals surface area contributed by atoms with Crippen LogP contribution in [0.5, 0.6) is 0 Å². The van der Waals surface area contributed by atoms with Gasteiger partial charge in [0, 0.05) is 54.4 Å². The van der Waals surface area contributed by atoms with Crippen molar-refractivity contribution < 1.29 is 282 Å². The van der Waals surface area contributed by atoms with Gasteiger partial charge in [-0.05, 0) is 0 Å². The molecule has 52 atom stereocenters. The summed E-state index contributed by atoms with van der Waals surface area (Å²) < 4.78 is 113. The fraction of sp³-hybridized carbons (Fsp3) is 0.897. The third kappa shape index (κ3) is 26.1. The zero-order valence-corrected chi connectivity index (χ0v) is 75.8. The largest absolute Gasteiger partial charge is 0.477 e. The quantitative estimate of drug-likeness (QED) is 0.0271. The molecule has 0 unspecified atom stereocenters. The van der Waals surface area contributed by atoms with E-state index in [0.29, 0.717) is 0 Å². The maximum atomic E-state index is 13.5. The van der Waals surface area contributed by atoms with Crippen LogP contribution in [0, 0.1) is 0 Å². The molecule has 812 valence electrons. The van der Waals surface area contributed by atoms with Gasteiger partial charge in [0.05, 0.1) is 90.4 Å². The van der Waals surface area contributed by atoms with Gasteiger partial charge in [-0.15, -0.1) is 0 Å². The number of rotatable bonds is 40. The first-order valence-corrected chi connectivity index (χ1v) is 44.4. The number of ether oxygens (including phenoxy) is 19. The standard InChI is InChI=1S/C78H128N6O57/c1-19(94)79-37-25(100)7-77(75(119)120,139-62(37)43(104)27(102)9-85)123-18-36-45(106)52(113)53(114)71(131-36)134-58-32(14-90)129-70(42(51(58)112)84-24(6)99)138-66-54(115)61(35(17-93)130-74(66)137-64-46(107)29(11-87)125-72(55(64)116)135-59-33(15-91)127-68(40(49(59)110)82-22(4)97)132-57-31(13-89)124-67(118)39(48(57)109)81-21(3)96)133-69-41(83-23(5)98)50(111)60(34(16-92)128-69)136-73-56(117)65(47(108)30(12-88)126-73)141-78(76(121)122)8-26(101)38(80-20(2)95)63(140-78)44(105)28(103)10-86/h25-74,85-93,100-118H,7-18H2,1-6H3,(H,79,94)(H,80,95)(H,81,96)(H,82,97)(H,83,98)(H,84,99)(H,119,120)(H,121,122)/t25-,26-,27+,28+,29+,30+,31+,32+,33+,34+,35+,36+,37+,38+,39+,40+,41+,42+,43+,44+,45-,46+,47-,48+,49+,50+,51+,52-,53+,54-,55-,56+,57+,58+,59+,60+,61+,62+,63+,64-,65-,66-,67+,68-,69-,70-,71-,72-,73-,74+,77+,78-/m0/s1. The lowest BCUT2D eigenvalue weighted by Gasteiger charge is -2.52. The van der Waals surface area contributed by atoms with Crippen LogP contribution in [0.15, 0.2) is 0 Å². The van der Waals surface area contributed by atoms with Gasteiger partial charge in [0.15, 0.2) is 50.3 Å². The molecule has 6 amide bonds. The molecular formula is C78H128N6O57. The number of hydrogen-bond donors (Lipinski definition) is 36. The molecule has 10 fully saturated rings. The van der Waals surface area contributed by atoms with Crippen molar-refractivity contribution in [1.82, 2.24) is 31.9 Å². The van der Waals surface area contributed by atoms with Crippen LogP contribution < -0.4 is 31.9 Å². The molecule has 63 nitrogen and oxygen atoms in total. The Kier molecular flexibility index (Phi) is 41.6. The van der Waals surface area contributed by atoms with E-state index in [0.717, 1.165) is 41.5 Å². The zero-order valence-electron chi connectivity index (χ0n) is 75.8. The molecule has 0 bridgehead atoms. The molecular weight excluding hydrogens is 1930 g/mol. The summed E-state index contributed by atoms with van der Waals surface area (Å²) in [4.78, 5) is 103. The summed E-state index contributed by atoms with van der Waals surface area (Å²) in [6.07, 6.45) is -103. The van der Waals surface area contributed by atoms with Gasteiger partial charge in [-0.3, -0.25) is 28.8 Å². The number of carboxylic acid groups (broad SMARTS) is 2. The minimum absolute atomic E-state index is 0.804. The Morgan fingerprint density at radius 1 is 0.291 bits per heavy atom. The zero-order chi connectivity index (χ0) is 105. The summed E-state index contributed by atoms with van der Waals surface area (Å²) in [6, 6.07) is -11.5.